The largest absolute Gasteiger partial charge is 0.325 e. The van der Waals surface area contributed by atoms with E-state index in [0.29, 0.717) is 12.1 Å². The minimum absolute atomic E-state index is 0.0867. The van der Waals surface area contributed by atoms with Crippen molar-refractivity contribution in [3.05, 3.63) is 64.4 Å². The number of nitrogens with zero attached hydrogens (tertiary/aromatic N) is 4. The van der Waals surface area contributed by atoms with Crippen LogP contribution in [0.15, 0.2) is 53.3 Å². The molecule has 1 aromatic heterocycles. The van der Waals surface area contributed by atoms with Crippen LogP contribution in [0.3, 0.4) is 0 Å². The van der Waals surface area contributed by atoms with E-state index in [1.54, 1.807) is 4.68 Å². The molecule has 2 unspecified atom stereocenters. The maximum absolute atomic E-state index is 12.7. The predicted molar refractivity (Wildman–Crippen MR) is 104 cm³/mol. The maximum atomic E-state index is 12.7. The highest BCUT2D eigenvalue weighted by Crippen LogP contribution is 2.25. The number of aryl methyl sites for hydroxylation is 1. The first-order chi connectivity index (χ1) is 13.1. The molecule has 1 aliphatic heterocycles. The smallest absolute Gasteiger partial charge is 0.242 e. The normalized spacial score (nSPS) is 19.2. The van der Waals surface area contributed by atoms with Gasteiger partial charge in [0.25, 0.3) is 0 Å². The summed E-state index contributed by atoms with van der Waals surface area (Å²) < 4.78 is 2.61. The second-order valence-electron chi connectivity index (χ2n) is 6.43. The van der Waals surface area contributed by atoms with Crippen LogP contribution in [0.2, 0.25) is 0 Å². The molecule has 27 heavy (non-hydrogen) atoms. The molecule has 1 aliphatic rings. The summed E-state index contributed by atoms with van der Waals surface area (Å²) in [6, 6.07) is 13.5. The molecule has 1 saturated heterocycles. The van der Waals surface area contributed by atoms with E-state index in [4.69, 9.17) is 0 Å². The van der Waals surface area contributed by atoms with Crippen molar-refractivity contribution in [1.29, 1.82) is 0 Å². The van der Waals surface area contributed by atoms with Crippen LogP contribution in [-0.2, 0) is 4.79 Å². The summed E-state index contributed by atoms with van der Waals surface area (Å²) >= 11 is 3.44. The monoisotopic (exact) mass is 427 g/mol. The molecule has 2 atom stereocenters. The van der Waals surface area contributed by atoms with E-state index in [0.717, 1.165) is 21.3 Å². The van der Waals surface area contributed by atoms with Crippen molar-refractivity contribution in [3.63, 3.8) is 0 Å². The quantitative estimate of drug-likeness (QED) is 0.590. The summed E-state index contributed by atoms with van der Waals surface area (Å²) in [5, 5.41) is 14.2. The Hall–Kier alpha value is -2.62. The molecule has 3 N–H and O–H groups in total. The van der Waals surface area contributed by atoms with Crippen LogP contribution < -0.4 is 16.2 Å². The van der Waals surface area contributed by atoms with Crippen LogP contribution >= 0.6 is 15.9 Å². The first-order valence-electron chi connectivity index (χ1n) is 8.51. The average molecular weight is 428 g/mol. The van der Waals surface area contributed by atoms with E-state index in [9.17, 15) is 4.79 Å². The Labute approximate surface area is 164 Å². The van der Waals surface area contributed by atoms with E-state index in [2.05, 4.69) is 47.6 Å². The van der Waals surface area contributed by atoms with Gasteiger partial charge < -0.3 is 5.32 Å². The van der Waals surface area contributed by atoms with E-state index in [-0.39, 0.29) is 18.0 Å². The summed E-state index contributed by atoms with van der Waals surface area (Å²) in [5.41, 5.74) is 9.95. The summed E-state index contributed by atoms with van der Waals surface area (Å²) in [6.07, 6.45) is 2.19. The zero-order valence-electron chi connectivity index (χ0n) is 14.6. The average Bonchev–Trinajstić information content (AvgIpc) is 3.36. The molecule has 0 spiro atoms. The van der Waals surface area contributed by atoms with Crippen molar-refractivity contribution in [1.82, 2.24) is 31.1 Å². The summed E-state index contributed by atoms with van der Waals surface area (Å²) in [7, 11) is 0. The van der Waals surface area contributed by atoms with Gasteiger partial charge in [0.15, 0.2) is 0 Å². The Balaban J connectivity index is 1.44. The minimum atomic E-state index is -0.323. The molecule has 0 radical (unpaired) electrons. The van der Waals surface area contributed by atoms with Gasteiger partial charge in [0.1, 0.15) is 12.4 Å². The highest BCUT2D eigenvalue weighted by atomic mass is 79.9. The van der Waals surface area contributed by atoms with Crippen molar-refractivity contribution < 1.29 is 4.79 Å². The third-order valence-electron chi connectivity index (χ3n) is 4.56. The lowest BCUT2D eigenvalue weighted by molar-refractivity contribution is -0.117. The molecule has 138 valence electrons. The minimum Gasteiger partial charge on any atom is -0.325 e. The van der Waals surface area contributed by atoms with Gasteiger partial charge in [-0.1, -0.05) is 34.1 Å². The highest BCUT2D eigenvalue weighted by Gasteiger charge is 2.30. The molecular formula is C18H18BrN7O. The number of nitrogens with one attached hydrogen (secondary N) is 3. The SMILES string of the molecule is Cc1ccc(NC(=O)C2CC(c3ccc(Br)cc3)NN2)cc1-n1cnnn1. The standard InChI is InChI=1S/C18H18BrN7O/c1-11-2-7-14(8-17(11)26-10-20-24-25-26)21-18(27)16-9-15(22-23-16)12-3-5-13(19)6-4-12/h2-8,10,15-16,22-23H,9H2,1H3,(H,21,27). The number of hydrogen-bond donors (Lipinski definition) is 3. The lowest BCUT2D eigenvalue weighted by Gasteiger charge is -2.13. The number of amides is 1. The number of anilines is 1. The molecule has 2 heterocycles. The second-order valence-corrected chi connectivity index (χ2v) is 7.34. The molecule has 1 fully saturated rings. The topological polar surface area (TPSA) is 96.8 Å². The molecule has 8 nitrogen and oxygen atoms in total. The summed E-state index contributed by atoms with van der Waals surface area (Å²) in [6.45, 7) is 1.97. The van der Waals surface area contributed by atoms with Gasteiger partial charge in [-0.2, -0.15) is 0 Å². The van der Waals surface area contributed by atoms with Crippen LogP contribution in [0.5, 0.6) is 0 Å². The zero-order chi connectivity index (χ0) is 18.8. The van der Waals surface area contributed by atoms with Crippen LogP contribution in [0.25, 0.3) is 5.69 Å². The fourth-order valence-electron chi connectivity index (χ4n) is 3.08. The highest BCUT2D eigenvalue weighted by molar-refractivity contribution is 9.10. The number of halogens is 1. The Morgan fingerprint density at radius 1 is 1.22 bits per heavy atom. The Morgan fingerprint density at radius 3 is 2.78 bits per heavy atom. The lowest BCUT2D eigenvalue weighted by atomic mass is 10.0. The number of carbonyl (C=O) groups excluding carboxylic acids is 1. The van der Waals surface area contributed by atoms with Gasteiger partial charge in [-0.3, -0.25) is 4.79 Å². The van der Waals surface area contributed by atoms with Crippen molar-refractivity contribution in [3.8, 4) is 5.69 Å². The first-order valence-corrected chi connectivity index (χ1v) is 9.31. The number of carbonyl (C=O) groups is 1. The van der Waals surface area contributed by atoms with E-state index >= 15 is 0 Å². The van der Waals surface area contributed by atoms with Gasteiger partial charge >= 0.3 is 0 Å². The zero-order valence-corrected chi connectivity index (χ0v) is 16.1. The number of hydrogen-bond acceptors (Lipinski definition) is 6. The van der Waals surface area contributed by atoms with Crippen LogP contribution in [-0.4, -0.2) is 32.2 Å². The maximum Gasteiger partial charge on any atom is 0.242 e. The van der Waals surface area contributed by atoms with E-state index in [1.165, 1.54) is 6.33 Å². The summed E-state index contributed by atoms with van der Waals surface area (Å²) in [4.78, 5) is 12.7. The number of rotatable bonds is 4. The molecule has 1 amide bonds. The van der Waals surface area contributed by atoms with E-state index < -0.39 is 0 Å². The number of benzene rings is 2. The Morgan fingerprint density at radius 2 is 2.04 bits per heavy atom. The van der Waals surface area contributed by atoms with E-state index in [1.807, 2.05) is 49.4 Å². The molecule has 3 aromatic rings. The lowest BCUT2D eigenvalue weighted by Crippen LogP contribution is -2.39. The van der Waals surface area contributed by atoms with Gasteiger partial charge in [-0.05, 0) is 59.2 Å². The molecule has 9 heteroatoms. The van der Waals surface area contributed by atoms with Crippen molar-refractivity contribution in [2.24, 2.45) is 0 Å². The second kappa shape index (κ2) is 7.55. The fraction of sp³-hybridized carbons (Fsp3) is 0.222. The van der Waals surface area contributed by atoms with Crippen LogP contribution in [0, 0.1) is 6.92 Å². The fourth-order valence-corrected chi connectivity index (χ4v) is 3.34. The third kappa shape index (κ3) is 3.90. The van der Waals surface area contributed by atoms with Crippen molar-refractivity contribution in [2.75, 3.05) is 5.32 Å². The Kier molecular flexibility index (Phi) is 4.97. The molecule has 0 aliphatic carbocycles. The number of aromatic nitrogens is 4. The van der Waals surface area contributed by atoms with Crippen LogP contribution in [0.4, 0.5) is 5.69 Å². The van der Waals surface area contributed by atoms with Gasteiger partial charge in [-0.15, -0.1) is 5.10 Å². The van der Waals surface area contributed by atoms with Crippen LogP contribution in [0.1, 0.15) is 23.6 Å². The van der Waals surface area contributed by atoms with Gasteiger partial charge in [0, 0.05) is 16.2 Å². The van der Waals surface area contributed by atoms with Crippen molar-refractivity contribution in [2.45, 2.75) is 25.4 Å². The molecule has 2 aromatic carbocycles. The molecule has 4 rings (SSSR count). The third-order valence-corrected chi connectivity index (χ3v) is 5.09. The number of hydrazine groups is 1. The predicted octanol–water partition coefficient (Wildman–Crippen LogP) is 2.28. The Bertz CT molecular complexity index is 943. The summed E-state index contributed by atoms with van der Waals surface area (Å²) in [5.74, 6) is -0.0892. The van der Waals surface area contributed by atoms with Gasteiger partial charge in [-0.25, -0.2) is 15.5 Å². The van der Waals surface area contributed by atoms with Gasteiger partial charge in [0.05, 0.1) is 5.69 Å². The van der Waals surface area contributed by atoms with Crippen molar-refractivity contribution >= 4 is 27.5 Å². The van der Waals surface area contributed by atoms with Gasteiger partial charge in [0.2, 0.25) is 5.91 Å². The molecule has 0 saturated carbocycles. The first kappa shape index (κ1) is 17.8. The number of tetrazole rings is 1. The molecular weight excluding hydrogens is 410 g/mol. The molecule has 0 bridgehead atoms.